The molecule has 120 valence electrons. The summed E-state index contributed by atoms with van der Waals surface area (Å²) < 4.78 is 31.7. The monoisotopic (exact) mass is 354 g/mol. The molecule has 0 bridgehead atoms. The quantitative estimate of drug-likeness (QED) is 0.703. The lowest BCUT2D eigenvalue weighted by molar-refractivity contribution is 0.204. The molecule has 0 heterocycles. The Balaban J connectivity index is 3.06. The van der Waals surface area contributed by atoms with Crippen LogP contribution in [-0.2, 0) is 21.3 Å². The average Bonchev–Trinajstić information content (AvgIpc) is 2.37. The maximum Gasteiger partial charge on any atom is 0.242 e. The Morgan fingerprint density at radius 1 is 1.29 bits per heavy atom. The number of hydrogen-bond acceptors (Lipinski definition) is 4. The van der Waals surface area contributed by atoms with Crippen LogP contribution in [0.25, 0.3) is 0 Å². The molecular formula is C13H20Cl2N2O3S. The highest BCUT2D eigenvalue weighted by atomic mass is 35.5. The van der Waals surface area contributed by atoms with E-state index >= 15 is 0 Å². The molecule has 1 aromatic carbocycles. The van der Waals surface area contributed by atoms with Crippen LogP contribution in [-0.4, -0.2) is 34.7 Å². The van der Waals surface area contributed by atoms with Crippen LogP contribution in [0, 0.1) is 0 Å². The van der Waals surface area contributed by atoms with E-state index in [0.29, 0.717) is 17.1 Å². The Bertz CT molecular complexity index is 577. The van der Waals surface area contributed by atoms with Crippen molar-refractivity contribution in [1.82, 2.24) is 10.0 Å². The first kappa shape index (κ1) is 18.7. The number of sulfonamides is 1. The Hall–Kier alpha value is -0.370. The van der Waals surface area contributed by atoms with Crippen LogP contribution in [0.3, 0.4) is 0 Å². The van der Waals surface area contributed by atoms with E-state index in [1.165, 1.54) is 19.2 Å². The Labute approximate surface area is 136 Å². The van der Waals surface area contributed by atoms with E-state index in [1.807, 2.05) is 13.8 Å². The average molecular weight is 355 g/mol. The van der Waals surface area contributed by atoms with Gasteiger partial charge in [-0.2, -0.15) is 0 Å². The predicted octanol–water partition coefficient (Wildman–Crippen LogP) is 2.42. The van der Waals surface area contributed by atoms with Gasteiger partial charge in [-0.15, -0.1) is 0 Å². The zero-order valence-electron chi connectivity index (χ0n) is 12.2. The first-order valence-electron chi connectivity index (χ1n) is 6.48. The van der Waals surface area contributed by atoms with Crippen molar-refractivity contribution in [3.05, 3.63) is 27.7 Å². The largest absolute Gasteiger partial charge is 0.383 e. The van der Waals surface area contributed by atoms with Gasteiger partial charge in [-0.1, -0.05) is 37.0 Å². The Morgan fingerprint density at radius 3 is 2.52 bits per heavy atom. The normalized spacial score (nSPS) is 12.1. The standard InChI is InChI=1S/C13H20Cl2N2O3S/c1-9(2)16-8-10-11(14)4-5-12(13(10)15)21(18,19)17-6-7-20-3/h4-5,9,16-17H,6-8H2,1-3H3. The molecule has 0 radical (unpaired) electrons. The van der Waals surface area contributed by atoms with Gasteiger partial charge in [-0.05, 0) is 12.1 Å². The van der Waals surface area contributed by atoms with Crippen LogP contribution >= 0.6 is 23.2 Å². The third-order valence-corrected chi connectivity index (χ3v) is 5.13. The van der Waals surface area contributed by atoms with E-state index < -0.39 is 10.0 Å². The van der Waals surface area contributed by atoms with Crippen LogP contribution in [0.1, 0.15) is 19.4 Å². The zero-order chi connectivity index (χ0) is 16.0. The number of hydrogen-bond donors (Lipinski definition) is 2. The van der Waals surface area contributed by atoms with Crippen LogP contribution in [0.4, 0.5) is 0 Å². The Morgan fingerprint density at radius 2 is 1.95 bits per heavy atom. The Kier molecular flexibility index (Phi) is 7.39. The van der Waals surface area contributed by atoms with Crippen molar-refractivity contribution in [1.29, 1.82) is 0 Å². The maximum atomic E-state index is 12.2. The maximum absolute atomic E-state index is 12.2. The summed E-state index contributed by atoms with van der Waals surface area (Å²) in [5.74, 6) is 0. The third-order valence-electron chi connectivity index (χ3n) is 2.73. The molecule has 8 heteroatoms. The van der Waals surface area contributed by atoms with Gasteiger partial charge in [0.05, 0.1) is 11.6 Å². The highest BCUT2D eigenvalue weighted by molar-refractivity contribution is 7.89. The van der Waals surface area contributed by atoms with Gasteiger partial charge in [0, 0.05) is 36.8 Å². The molecule has 0 amide bonds. The van der Waals surface area contributed by atoms with Crippen molar-refractivity contribution in [2.24, 2.45) is 0 Å². The second-order valence-electron chi connectivity index (χ2n) is 4.76. The van der Waals surface area contributed by atoms with Crippen molar-refractivity contribution < 1.29 is 13.2 Å². The van der Waals surface area contributed by atoms with E-state index in [4.69, 9.17) is 27.9 Å². The second-order valence-corrected chi connectivity index (χ2v) is 7.28. The molecule has 0 aliphatic rings. The van der Waals surface area contributed by atoms with Crippen molar-refractivity contribution >= 4 is 33.2 Å². The summed E-state index contributed by atoms with van der Waals surface area (Å²) in [6, 6.07) is 3.17. The highest BCUT2D eigenvalue weighted by Crippen LogP contribution is 2.31. The fourth-order valence-electron chi connectivity index (χ4n) is 1.61. The third kappa shape index (κ3) is 5.39. The van der Waals surface area contributed by atoms with Gasteiger partial charge in [-0.25, -0.2) is 13.1 Å². The molecule has 1 aromatic rings. The van der Waals surface area contributed by atoms with Gasteiger partial charge in [-0.3, -0.25) is 0 Å². The highest BCUT2D eigenvalue weighted by Gasteiger charge is 2.21. The molecular weight excluding hydrogens is 335 g/mol. The lowest BCUT2D eigenvalue weighted by Gasteiger charge is -2.14. The molecule has 5 nitrogen and oxygen atoms in total. The number of methoxy groups -OCH3 is 1. The van der Waals surface area contributed by atoms with Gasteiger partial charge in [0.1, 0.15) is 4.90 Å². The summed E-state index contributed by atoms with van der Waals surface area (Å²) in [5.41, 5.74) is 0.571. The second kappa shape index (κ2) is 8.31. The number of halogens is 2. The minimum Gasteiger partial charge on any atom is -0.383 e. The number of nitrogens with one attached hydrogen (secondary N) is 2. The predicted molar refractivity (Wildman–Crippen MR) is 85.5 cm³/mol. The molecule has 0 unspecified atom stereocenters. The molecule has 2 N–H and O–H groups in total. The van der Waals surface area contributed by atoms with E-state index in [2.05, 4.69) is 10.0 Å². The van der Waals surface area contributed by atoms with Crippen molar-refractivity contribution in [3.63, 3.8) is 0 Å². The fraction of sp³-hybridized carbons (Fsp3) is 0.538. The molecule has 0 aliphatic carbocycles. The molecule has 0 aromatic heterocycles. The zero-order valence-corrected chi connectivity index (χ0v) is 14.6. The molecule has 1 rings (SSSR count). The van der Waals surface area contributed by atoms with Gasteiger partial charge in [0.15, 0.2) is 0 Å². The minimum absolute atomic E-state index is 0.0187. The van der Waals surface area contributed by atoms with Gasteiger partial charge in [0.2, 0.25) is 10.0 Å². The van der Waals surface area contributed by atoms with Crippen LogP contribution in [0.2, 0.25) is 10.0 Å². The van der Waals surface area contributed by atoms with Gasteiger partial charge in [0.25, 0.3) is 0 Å². The van der Waals surface area contributed by atoms with E-state index in [0.717, 1.165) is 0 Å². The summed E-state index contributed by atoms with van der Waals surface area (Å²) in [7, 11) is -2.19. The van der Waals surface area contributed by atoms with Crippen molar-refractivity contribution in [2.75, 3.05) is 20.3 Å². The summed E-state index contributed by atoms with van der Waals surface area (Å²) in [6.45, 7) is 4.82. The van der Waals surface area contributed by atoms with Gasteiger partial charge >= 0.3 is 0 Å². The molecule has 0 fully saturated rings. The van der Waals surface area contributed by atoms with E-state index in [9.17, 15) is 8.42 Å². The summed E-state index contributed by atoms with van der Waals surface area (Å²) >= 11 is 12.3. The molecule has 21 heavy (non-hydrogen) atoms. The topological polar surface area (TPSA) is 67.4 Å². The molecule has 0 aliphatic heterocycles. The van der Waals surface area contributed by atoms with Crippen LogP contribution in [0.15, 0.2) is 17.0 Å². The molecule has 0 saturated carbocycles. The summed E-state index contributed by atoms with van der Waals surface area (Å²) in [6.07, 6.45) is 0. The number of benzene rings is 1. The first-order chi connectivity index (χ1) is 9.79. The first-order valence-corrected chi connectivity index (χ1v) is 8.72. The van der Waals surface area contributed by atoms with Crippen molar-refractivity contribution in [2.45, 2.75) is 31.3 Å². The number of ether oxygens (including phenoxy) is 1. The minimum atomic E-state index is -3.69. The fourth-order valence-corrected chi connectivity index (χ4v) is 3.53. The molecule has 0 atom stereocenters. The number of rotatable bonds is 8. The summed E-state index contributed by atoms with van der Waals surface area (Å²) in [4.78, 5) is 0.0187. The van der Waals surface area contributed by atoms with Gasteiger partial charge < -0.3 is 10.1 Å². The van der Waals surface area contributed by atoms with Crippen LogP contribution in [0.5, 0.6) is 0 Å². The molecule has 0 spiro atoms. The lowest BCUT2D eigenvalue weighted by Crippen LogP contribution is -2.28. The molecule has 0 saturated heterocycles. The van der Waals surface area contributed by atoms with E-state index in [-0.39, 0.29) is 29.1 Å². The SMILES string of the molecule is COCCNS(=O)(=O)c1ccc(Cl)c(CNC(C)C)c1Cl. The van der Waals surface area contributed by atoms with Crippen molar-refractivity contribution in [3.8, 4) is 0 Å². The smallest absolute Gasteiger partial charge is 0.242 e. The summed E-state index contributed by atoms with van der Waals surface area (Å²) in [5, 5.41) is 3.74. The van der Waals surface area contributed by atoms with Crippen LogP contribution < -0.4 is 10.0 Å². The van der Waals surface area contributed by atoms with E-state index in [1.54, 1.807) is 0 Å². The lowest BCUT2D eigenvalue weighted by atomic mass is 10.2.